The van der Waals surface area contributed by atoms with Crippen LogP contribution < -0.4 is 0 Å². The molecule has 1 aromatic rings. The van der Waals surface area contributed by atoms with Crippen LogP contribution in [0.5, 0.6) is 0 Å². The van der Waals surface area contributed by atoms with Gasteiger partial charge in [-0.2, -0.15) is 0 Å². The van der Waals surface area contributed by atoms with Crippen molar-refractivity contribution < 1.29 is 9.90 Å². The first-order valence-electron chi connectivity index (χ1n) is 5.89. The van der Waals surface area contributed by atoms with E-state index in [9.17, 15) is 4.79 Å². The van der Waals surface area contributed by atoms with Crippen LogP contribution in [0.3, 0.4) is 0 Å². The molecular formula is C12H16ClNO2S. The number of hydrogen-bond donors (Lipinski definition) is 1. The van der Waals surface area contributed by atoms with E-state index in [0.29, 0.717) is 15.6 Å². The van der Waals surface area contributed by atoms with Crippen molar-refractivity contribution in [1.29, 1.82) is 0 Å². The fraction of sp³-hybridized carbons (Fsp3) is 0.583. The van der Waals surface area contributed by atoms with Crippen molar-refractivity contribution in [2.24, 2.45) is 0 Å². The quantitative estimate of drug-likeness (QED) is 0.920. The van der Waals surface area contributed by atoms with Gasteiger partial charge in [0.25, 0.3) is 5.91 Å². The Morgan fingerprint density at radius 3 is 3.00 bits per heavy atom. The summed E-state index contributed by atoms with van der Waals surface area (Å²) >= 11 is 7.17. The van der Waals surface area contributed by atoms with Gasteiger partial charge in [0.2, 0.25) is 0 Å². The van der Waals surface area contributed by atoms with E-state index >= 15 is 0 Å². The van der Waals surface area contributed by atoms with Crippen molar-refractivity contribution >= 4 is 28.8 Å². The Kier molecular flexibility index (Phi) is 4.42. The first-order chi connectivity index (χ1) is 8.22. The summed E-state index contributed by atoms with van der Waals surface area (Å²) in [5.74, 6) is 0.0556. The Balaban J connectivity index is 2.10. The molecule has 0 radical (unpaired) electrons. The number of thiophene rings is 1. The van der Waals surface area contributed by atoms with Crippen LogP contribution in [-0.2, 0) is 0 Å². The number of halogens is 1. The highest BCUT2D eigenvalue weighted by molar-refractivity contribution is 7.17. The largest absolute Gasteiger partial charge is 0.396 e. The summed E-state index contributed by atoms with van der Waals surface area (Å²) < 4.78 is 0.643. The Labute approximate surface area is 110 Å². The molecule has 0 bridgehead atoms. The third kappa shape index (κ3) is 3.00. The zero-order chi connectivity index (χ0) is 12.3. The second kappa shape index (κ2) is 5.85. The van der Waals surface area contributed by atoms with Crippen molar-refractivity contribution in [3.8, 4) is 0 Å². The van der Waals surface area contributed by atoms with Crippen LogP contribution in [0.25, 0.3) is 0 Å². The molecule has 1 aliphatic rings. The van der Waals surface area contributed by atoms with Gasteiger partial charge in [-0.15, -0.1) is 11.3 Å². The van der Waals surface area contributed by atoms with Crippen LogP contribution in [0.15, 0.2) is 12.1 Å². The molecule has 0 aliphatic carbocycles. The molecule has 1 unspecified atom stereocenters. The number of aliphatic hydroxyl groups is 1. The Morgan fingerprint density at radius 1 is 1.53 bits per heavy atom. The molecule has 1 aromatic heterocycles. The maximum atomic E-state index is 12.3. The number of rotatable bonds is 3. The molecule has 1 aliphatic heterocycles. The SMILES string of the molecule is O=C(c1ccc(Cl)s1)N1CCCCC1CCO. The maximum absolute atomic E-state index is 12.3. The summed E-state index contributed by atoms with van der Waals surface area (Å²) in [6.45, 7) is 0.929. The number of carbonyl (C=O) groups is 1. The van der Waals surface area contributed by atoms with Crippen molar-refractivity contribution in [2.75, 3.05) is 13.2 Å². The summed E-state index contributed by atoms with van der Waals surface area (Å²) in [6, 6.07) is 3.71. The molecule has 0 aromatic carbocycles. The molecule has 0 spiro atoms. The first kappa shape index (κ1) is 12.9. The predicted molar refractivity (Wildman–Crippen MR) is 69.7 cm³/mol. The van der Waals surface area contributed by atoms with Gasteiger partial charge < -0.3 is 10.0 Å². The summed E-state index contributed by atoms with van der Waals surface area (Å²) in [6.07, 6.45) is 3.85. The van der Waals surface area contributed by atoms with Gasteiger partial charge in [-0.05, 0) is 37.8 Å². The molecule has 1 N–H and O–H groups in total. The molecule has 1 atom stereocenters. The highest BCUT2D eigenvalue weighted by Crippen LogP contribution is 2.26. The summed E-state index contributed by atoms with van der Waals surface area (Å²) in [7, 11) is 0. The standard InChI is InChI=1S/C12H16ClNO2S/c13-11-5-4-10(17-11)12(16)14-7-2-1-3-9(14)6-8-15/h4-5,9,15H,1-3,6-8H2. The lowest BCUT2D eigenvalue weighted by Gasteiger charge is -2.35. The topological polar surface area (TPSA) is 40.5 Å². The molecule has 17 heavy (non-hydrogen) atoms. The number of carbonyl (C=O) groups excluding carboxylic acids is 1. The number of aliphatic hydroxyl groups excluding tert-OH is 1. The molecule has 94 valence electrons. The van der Waals surface area contributed by atoms with Gasteiger partial charge >= 0.3 is 0 Å². The minimum atomic E-state index is 0.0556. The van der Waals surface area contributed by atoms with E-state index in [-0.39, 0.29) is 18.6 Å². The molecule has 5 heteroatoms. The van der Waals surface area contributed by atoms with Gasteiger partial charge in [0, 0.05) is 19.2 Å². The van der Waals surface area contributed by atoms with Gasteiger partial charge in [0.15, 0.2) is 0 Å². The predicted octanol–water partition coefficient (Wildman–Crippen LogP) is 2.78. The van der Waals surface area contributed by atoms with Crippen LogP contribution in [-0.4, -0.2) is 35.1 Å². The molecule has 1 amide bonds. The molecule has 1 fully saturated rings. The van der Waals surface area contributed by atoms with E-state index in [1.54, 1.807) is 12.1 Å². The minimum Gasteiger partial charge on any atom is -0.396 e. The van der Waals surface area contributed by atoms with E-state index in [4.69, 9.17) is 16.7 Å². The second-order valence-electron chi connectivity index (χ2n) is 4.26. The van der Waals surface area contributed by atoms with Crippen molar-refractivity contribution in [3.05, 3.63) is 21.3 Å². The highest BCUT2D eigenvalue weighted by Gasteiger charge is 2.27. The lowest BCUT2D eigenvalue weighted by Crippen LogP contribution is -2.43. The first-order valence-corrected chi connectivity index (χ1v) is 7.09. The van der Waals surface area contributed by atoms with Crippen molar-refractivity contribution in [3.63, 3.8) is 0 Å². The number of piperidine rings is 1. The van der Waals surface area contributed by atoms with E-state index in [2.05, 4.69) is 0 Å². The van der Waals surface area contributed by atoms with Crippen molar-refractivity contribution in [1.82, 2.24) is 4.90 Å². The average Bonchev–Trinajstić information content (AvgIpc) is 2.76. The number of likely N-dealkylation sites (tertiary alicyclic amines) is 1. The normalized spacial score (nSPS) is 20.6. The van der Waals surface area contributed by atoms with Crippen LogP contribution in [0.1, 0.15) is 35.4 Å². The van der Waals surface area contributed by atoms with E-state index in [1.165, 1.54) is 11.3 Å². The number of hydrogen-bond acceptors (Lipinski definition) is 3. The Hall–Kier alpha value is -0.580. The second-order valence-corrected chi connectivity index (χ2v) is 5.98. The third-order valence-electron chi connectivity index (χ3n) is 3.13. The average molecular weight is 274 g/mol. The van der Waals surface area contributed by atoms with E-state index in [0.717, 1.165) is 25.8 Å². The Bertz CT molecular complexity index is 392. The molecule has 2 heterocycles. The monoisotopic (exact) mass is 273 g/mol. The van der Waals surface area contributed by atoms with E-state index in [1.807, 2.05) is 4.90 Å². The molecule has 0 saturated carbocycles. The number of nitrogens with zero attached hydrogens (tertiary/aromatic N) is 1. The lowest BCUT2D eigenvalue weighted by atomic mass is 9.99. The zero-order valence-corrected chi connectivity index (χ0v) is 11.1. The fourth-order valence-electron chi connectivity index (χ4n) is 2.29. The lowest BCUT2D eigenvalue weighted by molar-refractivity contribution is 0.0579. The van der Waals surface area contributed by atoms with Gasteiger partial charge in [-0.1, -0.05) is 11.6 Å². The summed E-state index contributed by atoms with van der Waals surface area (Å²) in [5, 5.41) is 9.04. The maximum Gasteiger partial charge on any atom is 0.264 e. The van der Waals surface area contributed by atoms with Crippen LogP contribution in [0.4, 0.5) is 0 Å². The van der Waals surface area contributed by atoms with E-state index < -0.39 is 0 Å². The summed E-state index contributed by atoms with van der Waals surface area (Å²) in [4.78, 5) is 14.9. The summed E-state index contributed by atoms with van der Waals surface area (Å²) in [5.41, 5.74) is 0. The van der Waals surface area contributed by atoms with Gasteiger partial charge in [-0.25, -0.2) is 0 Å². The van der Waals surface area contributed by atoms with Crippen LogP contribution >= 0.6 is 22.9 Å². The van der Waals surface area contributed by atoms with Gasteiger partial charge in [0.05, 0.1) is 9.21 Å². The van der Waals surface area contributed by atoms with Crippen LogP contribution in [0.2, 0.25) is 4.34 Å². The third-order valence-corrected chi connectivity index (χ3v) is 4.35. The molecule has 3 nitrogen and oxygen atoms in total. The van der Waals surface area contributed by atoms with Crippen LogP contribution in [0, 0.1) is 0 Å². The van der Waals surface area contributed by atoms with Crippen molar-refractivity contribution in [2.45, 2.75) is 31.7 Å². The molecular weight excluding hydrogens is 258 g/mol. The van der Waals surface area contributed by atoms with Gasteiger partial charge in [0.1, 0.15) is 0 Å². The molecule has 2 rings (SSSR count). The Morgan fingerprint density at radius 2 is 2.35 bits per heavy atom. The fourth-order valence-corrected chi connectivity index (χ4v) is 3.29. The van der Waals surface area contributed by atoms with Gasteiger partial charge in [-0.3, -0.25) is 4.79 Å². The smallest absolute Gasteiger partial charge is 0.264 e. The highest BCUT2D eigenvalue weighted by atomic mass is 35.5. The minimum absolute atomic E-state index is 0.0556. The molecule has 1 saturated heterocycles. The number of amides is 1. The zero-order valence-electron chi connectivity index (χ0n) is 9.56.